The first-order valence-electron chi connectivity index (χ1n) is 11.3. The number of anilines is 2. The number of carbonyl (C=O) groups is 1. The number of aromatic carboxylic acids is 1. The lowest BCUT2D eigenvalue weighted by Gasteiger charge is -2.13. The molecule has 0 saturated heterocycles. The summed E-state index contributed by atoms with van der Waals surface area (Å²) in [4.78, 5) is 20.2. The number of carboxylic acids is 1. The highest BCUT2D eigenvalue weighted by molar-refractivity contribution is 5.95. The molecule has 0 saturated carbocycles. The average molecular weight is 462 g/mol. The average Bonchev–Trinajstić information content (AvgIpc) is 3.17. The molecule has 2 aromatic carbocycles. The van der Waals surface area contributed by atoms with E-state index < -0.39 is 5.97 Å². The van der Waals surface area contributed by atoms with Gasteiger partial charge in [0.1, 0.15) is 18.0 Å². The van der Waals surface area contributed by atoms with Gasteiger partial charge in [0.15, 0.2) is 0 Å². The number of benzene rings is 2. The Hall–Kier alpha value is -3.94. The van der Waals surface area contributed by atoms with E-state index in [1.165, 1.54) is 12.4 Å². The maximum absolute atomic E-state index is 14.5. The lowest BCUT2D eigenvalue weighted by atomic mass is 10.1. The van der Waals surface area contributed by atoms with Gasteiger partial charge >= 0.3 is 5.97 Å². The predicted octanol–water partition coefficient (Wildman–Crippen LogP) is 5.49. The first-order chi connectivity index (χ1) is 16.4. The van der Waals surface area contributed by atoms with Crippen LogP contribution in [0.1, 0.15) is 35.0 Å². The minimum absolute atomic E-state index is 0.224. The van der Waals surface area contributed by atoms with E-state index in [0.717, 1.165) is 28.6 Å². The Morgan fingerprint density at radius 1 is 1.06 bits per heavy atom. The molecule has 4 aromatic rings. The van der Waals surface area contributed by atoms with Crippen LogP contribution in [0.4, 0.5) is 15.9 Å². The monoisotopic (exact) mass is 461 g/mol. The molecular weight excluding hydrogens is 433 g/mol. The lowest BCUT2D eigenvalue weighted by molar-refractivity contribution is 0.0698. The first-order valence-corrected chi connectivity index (χ1v) is 11.3. The number of carboxylic acid groups (broad SMARTS) is 1. The molecule has 8 heteroatoms. The van der Waals surface area contributed by atoms with E-state index in [9.17, 15) is 14.3 Å². The van der Waals surface area contributed by atoms with Crippen LogP contribution < -0.4 is 10.6 Å². The van der Waals surface area contributed by atoms with Gasteiger partial charge in [-0.25, -0.2) is 19.2 Å². The number of aromatic nitrogens is 3. The third kappa shape index (κ3) is 4.71. The number of hydrogen-bond donors (Lipinski definition) is 3. The van der Waals surface area contributed by atoms with Crippen LogP contribution >= 0.6 is 0 Å². The summed E-state index contributed by atoms with van der Waals surface area (Å²) in [7, 11) is 0. The van der Waals surface area contributed by atoms with Crippen molar-refractivity contribution in [1.82, 2.24) is 14.5 Å². The third-order valence-corrected chi connectivity index (χ3v) is 5.85. The fourth-order valence-electron chi connectivity index (χ4n) is 4.09. The van der Waals surface area contributed by atoms with Crippen LogP contribution in [0.5, 0.6) is 0 Å². The first kappa shape index (κ1) is 23.2. The Morgan fingerprint density at radius 2 is 1.88 bits per heavy atom. The Bertz CT molecular complexity index is 1350. The number of rotatable bonds is 9. The van der Waals surface area contributed by atoms with Crippen molar-refractivity contribution in [2.75, 3.05) is 23.7 Å². The summed E-state index contributed by atoms with van der Waals surface area (Å²) in [5.74, 6) is -0.564. The van der Waals surface area contributed by atoms with Crippen LogP contribution in [0.2, 0.25) is 0 Å². The van der Waals surface area contributed by atoms with Gasteiger partial charge in [0.25, 0.3) is 0 Å². The topological polar surface area (TPSA) is 92.1 Å². The highest BCUT2D eigenvalue weighted by atomic mass is 19.1. The van der Waals surface area contributed by atoms with E-state index in [4.69, 9.17) is 0 Å². The van der Waals surface area contributed by atoms with Crippen LogP contribution in [0.15, 0.2) is 48.8 Å². The van der Waals surface area contributed by atoms with Crippen molar-refractivity contribution in [3.8, 4) is 11.3 Å². The largest absolute Gasteiger partial charge is 0.478 e. The molecule has 2 aromatic heterocycles. The van der Waals surface area contributed by atoms with Crippen molar-refractivity contribution < 1.29 is 14.3 Å². The molecule has 0 radical (unpaired) electrons. The molecule has 0 aliphatic heterocycles. The van der Waals surface area contributed by atoms with E-state index >= 15 is 0 Å². The molecule has 0 aliphatic carbocycles. The fraction of sp³-hybridized carbons (Fsp3) is 0.269. The molecule has 7 nitrogen and oxygen atoms in total. The van der Waals surface area contributed by atoms with Gasteiger partial charge in [-0.3, -0.25) is 0 Å². The SMILES string of the molecule is CCCNc1cc(-c2cc(NCCn3c(C)cc4c(C)ccc(F)c43)ncn2)ccc1C(=O)O. The van der Waals surface area contributed by atoms with Gasteiger partial charge in [-0.05, 0) is 50.1 Å². The Morgan fingerprint density at radius 3 is 2.65 bits per heavy atom. The Kier molecular flexibility index (Phi) is 6.77. The maximum Gasteiger partial charge on any atom is 0.337 e. The van der Waals surface area contributed by atoms with Crippen molar-refractivity contribution in [2.24, 2.45) is 0 Å². The summed E-state index contributed by atoms with van der Waals surface area (Å²) in [6.07, 6.45) is 2.35. The molecule has 0 spiro atoms. The molecule has 0 aliphatic rings. The highest BCUT2D eigenvalue weighted by Gasteiger charge is 2.14. The van der Waals surface area contributed by atoms with E-state index in [-0.39, 0.29) is 11.4 Å². The Labute approximate surface area is 197 Å². The van der Waals surface area contributed by atoms with Crippen molar-refractivity contribution in [3.05, 3.63) is 71.4 Å². The normalized spacial score (nSPS) is 11.1. The van der Waals surface area contributed by atoms with Gasteiger partial charge in [0, 0.05) is 48.0 Å². The zero-order valence-electron chi connectivity index (χ0n) is 19.5. The summed E-state index contributed by atoms with van der Waals surface area (Å²) in [5, 5.41) is 16.9. The second kappa shape index (κ2) is 9.91. The molecular formula is C26H28FN5O2. The summed E-state index contributed by atoms with van der Waals surface area (Å²) in [6.45, 7) is 7.79. The van der Waals surface area contributed by atoms with Gasteiger partial charge < -0.3 is 20.3 Å². The molecule has 0 bridgehead atoms. The smallest absolute Gasteiger partial charge is 0.337 e. The third-order valence-electron chi connectivity index (χ3n) is 5.85. The lowest BCUT2D eigenvalue weighted by Crippen LogP contribution is -2.13. The maximum atomic E-state index is 14.5. The van der Waals surface area contributed by atoms with E-state index in [1.54, 1.807) is 24.3 Å². The zero-order valence-corrected chi connectivity index (χ0v) is 19.5. The summed E-state index contributed by atoms with van der Waals surface area (Å²) >= 11 is 0. The Balaban J connectivity index is 1.52. The van der Waals surface area contributed by atoms with Crippen LogP contribution in [-0.2, 0) is 6.54 Å². The van der Waals surface area contributed by atoms with Crippen molar-refractivity contribution >= 4 is 28.4 Å². The molecule has 2 heterocycles. The van der Waals surface area contributed by atoms with Crippen LogP contribution in [-0.4, -0.2) is 38.7 Å². The highest BCUT2D eigenvalue weighted by Crippen LogP contribution is 2.27. The zero-order chi connectivity index (χ0) is 24.2. The van der Waals surface area contributed by atoms with Crippen molar-refractivity contribution in [2.45, 2.75) is 33.7 Å². The van der Waals surface area contributed by atoms with Gasteiger partial charge in [0.05, 0.1) is 16.8 Å². The van der Waals surface area contributed by atoms with E-state index in [2.05, 4.69) is 20.6 Å². The number of hydrogen-bond acceptors (Lipinski definition) is 5. The van der Waals surface area contributed by atoms with Crippen molar-refractivity contribution in [1.29, 1.82) is 0 Å². The van der Waals surface area contributed by atoms with E-state index in [1.807, 2.05) is 37.5 Å². The number of fused-ring (bicyclic) bond motifs is 1. The molecule has 0 unspecified atom stereocenters. The predicted molar refractivity (Wildman–Crippen MR) is 133 cm³/mol. The molecule has 4 rings (SSSR count). The van der Waals surface area contributed by atoms with Crippen LogP contribution in [0.25, 0.3) is 22.2 Å². The number of nitrogens with zero attached hydrogens (tertiary/aromatic N) is 3. The molecule has 176 valence electrons. The minimum Gasteiger partial charge on any atom is -0.478 e. The summed E-state index contributed by atoms with van der Waals surface area (Å²) < 4.78 is 16.5. The number of aryl methyl sites for hydroxylation is 2. The summed E-state index contributed by atoms with van der Waals surface area (Å²) in [5.41, 5.74) is 4.92. The standard InChI is InChI=1S/C26H28FN5O2/c1-4-9-28-23-13-18(6-7-19(23)26(33)34)22-14-24(31-15-30-22)29-10-11-32-17(3)12-20-16(2)5-8-21(27)25(20)32/h5-8,12-15,28H,4,9-11H2,1-3H3,(H,33,34)(H,29,30,31). The van der Waals surface area contributed by atoms with Crippen molar-refractivity contribution in [3.63, 3.8) is 0 Å². The molecule has 3 N–H and O–H groups in total. The molecule has 34 heavy (non-hydrogen) atoms. The molecule has 0 fully saturated rings. The fourth-order valence-corrected chi connectivity index (χ4v) is 4.09. The second-order valence-corrected chi connectivity index (χ2v) is 8.27. The van der Waals surface area contributed by atoms with E-state index in [0.29, 0.717) is 42.4 Å². The minimum atomic E-state index is -0.977. The van der Waals surface area contributed by atoms with Gasteiger partial charge in [-0.15, -0.1) is 0 Å². The number of nitrogens with one attached hydrogen (secondary N) is 2. The van der Waals surface area contributed by atoms with Gasteiger partial charge in [-0.1, -0.05) is 19.1 Å². The second-order valence-electron chi connectivity index (χ2n) is 8.27. The van der Waals surface area contributed by atoms with Gasteiger partial charge in [-0.2, -0.15) is 0 Å². The molecule has 0 atom stereocenters. The van der Waals surface area contributed by atoms with Gasteiger partial charge in [0.2, 0.25) is 0 Å². The number of halogens is 1. The van der Waals surface area contributed by atoms with Crippen LogP contribution in [0, 0.1) is 19.7 Å². The van der Waals surface area contributed by atoms with Crippen LogP contribution in [0.3, 0.4) is 0 Å². The quantitative estimate of drug-likeness (QED) is 0.305. The summed E-state index contributed by atoms with van der Waals surface area (Å²) in [6, 6.07) is 12.3. The molecule has 0 amide bonds.